The monoisotopic (exact) mass is 297 g/mol. The predicted octanol–water partition coefficient (Wildman–Crippen LogP) is 4.18. The lowest BCUT2D eigenvalue weighted by molar-refractivity contribution is 0.0788. The minimum absolute atomic E-state index is 0.00914. The number of anilines is 1. The Kier molecular flexibility index (Phi) is 5.21. The molecule has 0 radical (unpaired) electrons. The van der Waals surface area contributed by atoms with Crippen molar-refractivity contribution >= 4 is 11.5 Å². The fourth-order valence-corrected chi connectivity index (χ4v) is 2.34. The van der Waals surface area contributed by atoms with E-state index in [0.29, 0.717) is 23.4 Å². The van der Waals surface area contributed by atoms with Gasteiger partial charge in [0.05, 0.1) is 5.69 Å². The van der Waals surface area contributed by atoms with Crippen molar-refractivity contribution in [2.24, 2.45) is 0 Å². The Bertz CT molecular complexity index is 647. The highest BCUT2D eigenvalue weighted by Crippen LogP contribution is 2.25. The number of ether oxygens (including phenoxy) is 1. The zero-order valence-electron chi connectivity index (χ0n) is 13.4. The van der Waals surface area contributed by atoms with Crippen LogP contribution in [0.15, 0.2) is 42.5 Å². The number of rotatable bonds is 6. The standard InChI is InChI=1S/C19H23NO2/c1-4-14-7-9-15(10-8-14)19(21)17(5-2)22-18-11-6-13(3)12-16(18)20/h6-12,17H,4-5,20H2,1-3H3. The minimum atomic E-state index is -0.516. The number of aryl methyl sites for hydroxylation is 2. The number of carbonyl (C=O) groups excluding carboxylic acids is 1. The Hall–Kier alpha value is -2.29. The van der Waals surface area contributed by atoms with Gasteiger partial charge in [-0.15, -0.1) is 0 Å². The number of Topliss-reactive ketones (excluding diaryl/α,β-unsaturated/α-hetero) is 1. The van der Waals surface area contributed by atoms with Crippen LogP contribution in [0.1, 0.15) is 41.8 Å². The van der Waals surface area contributed by atoms with Crippen LogP contribution in [0.4, 0.5) is 5.69 Å². The van der Waals surface area contributed by atoms with E-state index in [4.69, 9.17) is 10.5 Å². The van der Waals surface area contributed by atoms with E-state index in [-0.39, 0.29) is 5.78 Å². The van der Waals surface area contributed by atoms with Gasteiger partial charge < -0.3 is 10.5 Å². The molecule has 0 aliphatic heterocycles. The first kappa shape index (κ1) is 16.1. The molecule has 2 N–H and O–H groups in total. The van der Waals surface area contributed by atoms with Crippen LogP contribution in [0.5, 0.6) is 5.75 Å². The molecule has 0 aliphatic carbocycles. The van der Waals surface area contributed by atoms with E-state index in [1.165, 1.54) is 5.56 Å². The van der Waals surface area contributed by atoms with E-state index in [9.17, 15) is 4.79 Å². The van der Waals surface area contributed by atoms with Gasteiger partial charge in [0, 0.05) is 5.56 Å². The van der Waals surface area contributed by atoms with E-state index in [1.54, 1.807) is 0 Å². The van der Waals surface area contributed by atoms with Crippen molar-refractivity contribution in [3.8, 4) is 5.75 Å². The lowest BCUT2D eigenvalue weighted by Crippen LogP contribution is -2.27. The summed E-state index contributed by atoms with van der Waals surface area (Å²) in [5.74, 6) is 0.557. The molecule has 3 nitrogen and oxygen atoms in total. The molecule has 0 saturated carbocycles. The van der Waals surface area contributed by atoms with Crippen molar-refractivity contribution in [2.45, 2.75) is 39.7 Å². The lowest BCUT2D eigenvalue weighted by atomic mass is 10.0. The van der Waals surface area contributed by atoms with Crippen LogP contribution in [-0.4, -0.2) is 11.9 Å². The van der Waals surface area contributed by atoms with Crippen molar-refractivity contribution in [1.82, 2.24) is 0 Å². The van der Waals surface area contributed by atoms with Gasteiger partial charge in [-0.25, -0.2) is 0 Å². The van der Waals surface area contributed by atoms with Crippen LogP contribution in [0.3, 0.4) is 0 Å². The van der Waals surface area contributed by atoms with Gasteiger partial charge in [-0.1, -0.05) is 44.2 Å². The summed E-state index contributed by atoms with van der Waals surface area (Å²) in [4.78, 5) is 12.6. The Morgan fingerprint density at radius 2 is 1.82 bits per heavy atom. The summed E-state index contributed by atoms with van der Waals surface area (Å²) in [7, 11) is 0. The Balaban J connectivity index is 2.17. The maximum atomic E-state index is 12.6. The molecule has 0 heterocycles. The summed E-state index contributed by atoms with van der Waals surface area (Å²) in [5, 5.41) is 0. The van der Waals surface area contributed by atoms with Gasteiger partial charge in [-0.3, -0.25) is 4.79 Å². The number of carbonyl (C=O) groups is 1. The van der Waals surface area contributed by atoms with Crippen LogP contribution in [0.2, 0.25) is 0 Å². The molecule has 0 fully saturated rings. The first-order valence-electron chi connectivity index (χ1n) is 7.71. The summed E-state index contributed by atoms with van der Waals surface area (Å²) in [6, 6.07) is 13.3. The zero-order chi connectivity index (χ0) is 16.1. The van der Waals surface area contributed by atoms with Crippen LogP contribution in [0.25, 0.3) is 0 Å². The smallest absolute Gasteiger partial charge is 0.203 e. The highest BCUT2D eigenvalue weighted by molar-refractivity contribution is 5.99. The van der Waals surface area contributed by atoms with Crippen LogP contribution < -0.4 is 10.5 Å². The summed E-state index contributed by atoms with van der Waals surface area (Å²) >= 11 is 0. The molecule has 116 valence electrons. The number of hydrogen-bond acceptors (Lipinski definition) is 3. The van der Waals surface area contributed by atoms with Gasteiger partial charge >= 0.3 is 0 Å². The average molecular weight is 297 g/mol. The highest BCUT2D eigenvalue weighted by Gasteiger charge is 2.21. The van der Waals surface area contributed by atoms with Gasteiger partial charge in [-0.2, -0.15) is 0 Å². The van der Waals surface area contributed by atoms with Gasteiger partial charge in [0.15, 0.2) is 6.10 Å². The fraction of sp³-hybridized carbons (Fsp3) is 0.316. The number of hydrogen-bond donors (Lipinski definition) is 1. The van der Waals surface area contributed by atoms with Gasteiger partial charge in [0.25, 0.3) is 0 Å². The molecular weight excluding hydrogens is 274 g/mol. The fourth-order valence-electron chi connectivity index (χ4n) is 2.34. The van der Waals surface area contributed by atoms with Crippen LogP contribution in [0, 0.1) is 6.92 Å². The number of nitrogen functional groups attached to an aromatic ring is 1. The Morgan fingerprint density at radius 3 is 2.36 bits per heavy atom. The molecule has 2 aromatic carbocycles. The molecule has 2 aromatic rings. The maximum absolute atomic E-state index is 12.6. The molecule has 0 aromatic heterocycles. The molecule has 22 heavy (non-hydrogen) atoms. The van der Waals surface area contributed by atoms with Crippen molar-refractivity contribution in [3.63, 3.8) is 0 Å². The summed E-state index contributed by atoms with van der Waals surface area (Å²) < 4.78 is 5.85. The quantitative estimate of drug-likeness (QED) is 0.643. The maximum Gasteiger partial charge on any atom is 0.203 e. The van der Waals surface area contributed by atoms with Crippen molar-refractivity contribution in [1.29, 1.82) is 0 Å². The normalized spacial score (nSPS) is 12.0. The molecule has 2 rings (SSSR count). The van der Waals surface area contributed by atoms with E-state index in [0.717, 1.165) is 12.0 Å². The zero-order valence-corrected chi connectivity index (χ0v) is 13.4. The topological polar surface area (TPSA) is 52.3 Å². The highest BCUT2D eigenvalue weighted by atomic mass is 16.5. The summed E-state index contributed by atoms with van der Waals surface area (Å²) in [6.07, 6.45) is 1.04. The lowest BCUT2D eigenvalue weighted by Gasteiger charge is -2.18. The number of benzene rings is 2. The largest absolute Gasteiger partial charge is 0.480 e. The summed E-state index contributed by atoms with van der Waals surface area (Å²) in [6.45, 7) is 6.00. The molecule has 1 atom stereocenters. The van der Waals surface area contributed by atoms with Crippen molar-refractivity contribution in [2.75, 3.05) is 5.73 Å². The molecule has 1 unspecified atom stereocenters. The van der Waals surface area contributed by atoms with E-state index in [2.05, 4.69) is 6.92 Å². The SMILES string of the molecule is CCc1ccc(C(=O)C(CC)Oc2ccc(C)cc2N)cc1. The minimum Gasteiger partial charge on any atom is -0.480 e. The summed E-state index contributed by atoms with van der Waals surface area (Å²) in [5.41, 5.74) is 9.49. The van der Waals surface area contributed by atoms with E-state index < -0.39 is 6.10 Å². The van der Waals surface area contributed by atoms with Gasteiger partial charge in [0.1, 0.15) is 5.75 Å². The third-order valence-corrected chi connectivity index (χ3v) is 3.74. The third kappa shape index (κ3) is 3.67. The second-order valence-electron chi connectivity index (χ2n) is 5.47. The second-order valence-corrected chi connectivity index (χ2v) is 5.47. The van der Waals surface area contributed by atoms with Crippen molar-refractivity contribution < 1.29 is 9.53 Å². The molecule has 3 heteroatoms. The predicted molar refractivity (Wildman–Crippen MR) is 90.4 cm³/mol. The molecular formula is C19H23NO2. The van der Waals surface area contributed by atoms with Crippen molar-refractivity contribution in [3.05, 3.63) is 59.2 Å². The first-order chi connectivity index (χ1) is 10.5. The Morgan fingerprint density at radius 1 is 1.14 bits per heavy atom. The van der Waals surface area contributed by atoms with Crippen LogP contribution >= 0.6 is 0 Å². The van der Waals surface area contributed by atoms with Gasteiger partial charge in [0.2, 0.25) is 5.78 Å². The average Bonchev–Trinajstić information content (AvgIpc) is 2.54. The first-order valence-corrected chi connectivity index (χ1v) is 7.71. The third-order valence-electron chi connectivity index (χ3n) is 3.74. The molecule has 0 spiro atoms. The van der Waals surface area contributed by atoms with Gasteiger partial charge in [-0.05, 0) is 43.0 Å². The van der Waals surface area contributed by atoms with Crippen LogP contribution in [-0.2, 0) is 6.42 Å². The van der Waals surface area contributed by atoms with E-state index in [1.807, 2.05) is 56.3 Å². The molecule has 0 bridgehead atoms. The number of ketones is 1. The number of nitrogens with two attached hydrogens (primary N) is 1. The second kappa shape index (κ2) is 7.12. The van der Waals surface area contributed by atoms with E-state index >= 15 is 0 Å². The Labute approximate surface area is 132 Å². The molecule has 0 aliphatic rings. The molecule has 0 saturated heterocycles. The molecule has 0 amide bonds.